The molecule has 0 aliphatic heterocycles. The molecule has 1 aromatic rings. The number of para-hydroxylation sites is 1. The van der Waals surface area contributed by atoms with Gasteiger partial charge in [-0.15, -0.1) is 0 Å². The molecule has 90 valence electrons. The van der Waals surface area contributed by atoms with Crippen LogP contribution in [0, 0.1) is 11.3 Å². The Morgan fingerprint density at radius 2 is 1.94 bits per heavy atom. The third kappa shape index (κ3) is 2.98. The summed E-state index contributed by atoms with van der Waals surface area (Å²) < 4.78 is 0. The van der Waals surface area contributed by atoms with Gasteiger partial charge in [0.15, 0.2) is 0 Å². The first kappa shape index (κ1) is 11.9. The summed E-state index contributed by atoms with van der Waals surface area (Å²) in [4.78, 5) is 0. The topological polar surface area (TPSA) is 61.8 Å². The molecule has 1 saturated carbocycles. The molecule has 0 radical (unpaired) electrons. The van der Waals surface area contributed by atoms with E-state index in [0.717, 1.165) is 18.5 Å². The van der Waals surface area contributed by atoms with Gasteiger partial charge in [-0.2, -0.15) is 5.26 Å². The van der Waals surface area contributed by atoms with Crippen LogP contribution in [0.25, 0.3) is 0 Å². The van der Waals surface area contributed by atoms with Gasteiger partial charge in [0.1, 0.15) is 6.07 Å². The van der Waals surface area contributed by atoms with E-state index in [0.29, 0.717) is 11.6 Å². The number of benzene rings is 1. The summed E-state index contributed by atoms with van der Waals surface area (Å²) in [6.07, 6.45) is 5.89. The van der Waals surface area contributed by atoms with Crippen molar-refractivity contribution in [3.8, 4) is 6.07 Å². The van der Waals surface area contributed by atoms with E-state index < -0.39 is 0 Å². The van der Waals surface area contributed by atoms with Crippen LogP contribution in [0.15, 0.2) is 24.3 Å². The van der Waals surface area contributed by atoms with Gasteiger partial charge in [0.25, 0.3) is 0 Å². The molecule has 2 unspecified atom stereocenters. The maximum Gasteiger partial charge on any atom is 0.101 e. The predicted octanol–water partition coefficient (Wildman–Crippen LogP) is 2.63. The molecule has 0 bridgehead atoms. The highest BCUT2D eigenvalue weighted by atomic mass is 15.0. The van der Waals surface area contributed by atoms with Gasteiger partial charge >= 0.3 is 0 Å². The lowest BCUT2D eigenvalue weighted by atomic mass is 10.0. The van der Waals surface area contributed by atoms with Crippen LogP contribution in [-0.2, 0) is 0 Å². The van der Waals surface area contributed by atoms with E-state index >= 15 is 0 Å². The van der Waals surface area contributed by atoms with Gasteiger partial charge in [0, 0.05) is 12.1 Å². The Bertz CT molecular complexity index is 408. The van der Waals surface area contributed by atoms with E-state index in [1.165, 1.54) is 19.3 Å². The van der Waals surface area contributed by atoms with Crippen LogP contribution < -0.4 is 11.1 Å². The Morgan fingerprint density at radius 3 is 2.76 bits per heavy atom. The van der Waals surface area contributed by atoms with Gasteiger partial charge in [-0.05, 0) is 25.0 Å². The van der Waals surface area contributed by atoms with Gasteiger partial charge in [-0.3, -0.25) is 0 Å². The lowest BCUT2D eigenvalue weighted by Crippen LogP contribution is -2.39. The summed E-state index contributed by atoms with van der Waals surface area (Å²) in [5, 5.41) is 12.5. The number of anilines is 1. The minimum Gasteiger partial charge on any atom is -0.380 e. The zero-order valence-corrected chi connectivity index (χ0v) is 10.0. The fourth-order valence-corrected chi connectivity index (χ4v) is 2.42. The molecule has 1 aliphatic rings. The van der Waals surface area contributed by atoms with Gasteiger partial charge in [-0.1, -0.05) is 31.4 Å². The first-order valence-electron chi connectivity index (χ1n) is 6.32. The molecular weight excluding hydrogens is 210 g/mol. The third-order valence-corrected chi connectivity index (χ3v) is 3.46. The molecule has 2 atom stereocenters. The maximum atomic E-state index is 9.05. The fraction of sp³-hybridized carbons (Fsp3) is 0.500. The second-order valence-electron chi connectivity index (χ2n) is 4.71. The van der Waals surface area contributed by atoms with Crippen LogP contribution in [0.4, 0.5) is 5.69 Å². The van der Waals surface area contributed by atoms with Gasteiger partial charge in [0.2, 0.25) is 0 Å². The number of hydrogen-bond donors (Lipinski definition) is 2. The average Bonchev–Trinajstić information content (AvgIpc) is 2.56. The Balaban J connectivity index is 2.11. The second kappa shape index (κ2) is 5.70. The number of nitrogens with two attached hydrogens (primary N) is 1. The van der Waals surface area contributed by atoms with Crippen LogP contribution in [0.1, 0.15) is 37.7 Å². The van der Waals surface area contributed by atoms with Crippen LogP contribution in [0.5, 0.6) is 0 Å². The van der Waals surface area contributed by atoms with Crippen molar-refractivity contribution in [1.29, 1.82) is 5.26 Å². The summed E-state index contributed by atoms with van der Waals surface area (Å²) in [5.41, 5.74) is 7.79. The summed E-state index contributed by atoms with van der Waals surface area (Å²) in [7, 11) is 0. The SMILES string of the molecule is N#Cc1ccccc1NC1CCCCCC1N. The highest BCUT2D eigenvalue weighted by Crippen LogP contribution is 2.22. The van der Waals surface area contributed by atoms with E-state index in [2.05, 4.69) is 11.4 Å². The molecule has 17 heavy (non-hydrogen) atoms. The van der Waals surface area contributed by atoms with Crippen LogP contribution in [-0.4, -0.2) is 12.1 Å². The van der Waals surface area contributed by atoms with E-state index in [9.17, 15) is 0 Å². The molecule has 0 heterocycles. The molecule has 2 rings (SSSR count). The van der Waals surface area contributed by atoms with Crippen molar-refractivity contribution < 1.29 is 0 Å². The van der Waals surface area contributed by atoms with E-state index in [1.807, 2.05) is 24.3 Å². The van der Waals surface area contributed by atoms with Crippen molar-refractivity contribution >= 4 is 5.69 Å². The molecule has 0 amide bonds. The normalized spacial score (nSPS) is 24.7. The van der Waals surface area contributed by atoms with E-state index in [4.69, 9.17) is 11.0 Å². The molecule has 0 spiro atoms. The van der Waals surface area contributed by atoms with Crippen molar-refractivity contribution in [2.75, 3.05) is 5.32 Å². The smallest absolute Gasteiger partial charge is 0.101 e. The largest absolute Gasteiger partial charge is 0.380 e. The van der Waals surface area contributed by atoms with Crippen LogP contribution in [0.3, 0.4) is 0 Å². The van der Waals surface area contributed by atoms with Gasteiger partial charge < -0.3 is 11.1 Å². The Hall–Kier alpha value is -1.53. The number of nitrogens with zero attached hydrogens (tertiary/aromatic N) is 1. The summed E-state index contributed by atoms with van der Waals surface area (Å²) in [5.74, 6) is 0. The summed E-state index contributed by atoms with van der Waals surface area (Å²) in [6.45, 7) is 0. The molecule has 3 N–H and O–H groups in total. The number of rotatable bonds is 2. The highest BCUT2D eigenvalue weighted by Gasteiger charge is 2.20. The van der Waals surface area contributed by atoms with Crippen LogP contribution >= 0.6 is 0 Å². The molecule has 3 nitrogen and oxygen atoms in total. The van der Waals surface area contributed by atoms with Crippen molar-refractivity contribution in [3.05, 3.63) is 29.8 Å². The monoisotopic (exact) mass is 229 g/mol. The van der Waals surface area contributed by atoms with Crippen molar-refractivity contribution in [2.24, 2.45) is 5.73 Å². The maximum absolute atomic E-state index is 9.05. The first-order chi connectivity index (χ1) is 8.31. The zero-order chi connectivity index (χ0) is 12.1. The number of nitriles is 1. The van der Waals surface area contributed by atoms with Gasteiger partial charge in [-0.25, -0.2) is 0 Å². The fourth-order valence-electron chi connectivity index (χ4n) is 2.42. The zero-order valence-electron chi connectivity index (χ0n) is 10.0. The van der Waals surface area contributed by atoms with Gasteiger partial charge in [0.05, 0.1) is 11.3 Å². The van der Waals surface area contributed by atoms with E-state index in [-0.39, 0.29) is 6.04 Å². The summed E-state index contributed by atoms with van der Waals surface area (Å²) in [6, 6.07) is 10.3. The summed E-state index contributed by atoms with van der Waals surface area (Å²) >= 11 is 0. The minimum absolute atomic E-state index is 0.198. The molecule has 0 saturated heterocycles. The third-order valence-electron chi connectivity index (χ3n) is 3.46. The molecule has 1 aliphatic carbocycles. The molecule has 0 aromatic heterocycles. The Kier molecular flexibility index (Phi) is 4.00. The molecule has 1 aromatic carbocycles. The molecular formula is C14H19N3. The lowest BCUT2D eigenvalue weighted by molar-refractivity contribution is 0.528. The highest BCUT2D eigenvalue weighted by molar-refractivity contribution is 5.57. The molecule has 1 fully saturated rings. The quantitative estimate of drug-likeness (QED) is 0.766. The second-order valence-corrected chi connectivity index (χ2v) is 4.71. The predicted molar refractivity (Wildman–Crippen MR) is 69.6 cm³/mol. The molecule has 3 heteroatoms. The first-order valence-corrected chi connectivity index (χ1v) is 6.32. The van der Waals surface area contributed by atoms with Crippen molar-refractivity contribution in [1.82, 2.24) is 0 Å². The van der Waals surface area contributed by atoms with E-state index in [1.54, 1.807) is 0 Å². The lowest BCUT2D eigenvalue weighted by Gasteiger charge is -2.24. The average molecular weight is 229 g/mol. The minimum atomic E-state index is 0.198. The van der Waals surface area contributed by atoms with Crippen molar-refractivity contribution in [3.63, 3.8) is 0 Å². The number of hydrogen-bond acceptors (Lipinski definition) is 3. The number of nitrogens with one attached hydrogen (secondary N) is 1. The van der Waals surface area contributed by atoms with Crippen molar-refractivity contribution in [2.45, 2.75) is 44.2 Å². The van der Waals surface area contributed by atoms with Crippen LogP contribution in [0.2, 0.25) is 0 Å². The Morgan fingerprint density at radius 1 is 1.18 bits per heavy atom. The standard InChI is InChI=1S/C14H19N3/c15-10-11-6-4-5-8-13(11)17-14-9-3-1-2-7-12(14)16/h4-6,8,12,14,17H,1-3,7,9,16H2. The Labute approximate surface area is 103 Å².